The molecule has 9 heteroatoms. The van der Waals surface area contributed by atoms with E-state index < -0.39 is 17.7 Å². The van der Waals surface area contributed by atoms with Crippen molar-refractivity contribution in [2.45, 2.75) is 6.92 Å². The summed E-state index contributed by atoms with van der Waals surface area (Å²) >= 11 is 12.3. The normalized spacial score (nSPS) is 13.5. The second-order valence-corrected chi connectivity index (χ2v) is 7.98. The molecular formula is C24H17Cl2N3O4. The van der Waals surface area contributed by atoms with Gasteiger partial charge in [0.15, 0.2) is 0 Å². The zero-order chi connectivity index (χ0) is 23.7. The number of phenolic OH excluding ortho intramolecular Hbond substituents is 1. The number of nitrogens with zero attached hydrogens (tertiary/aromatic N) is 1. The highest BCUT2D eigenvalue weighted by molar-refractivity contribution is 6.53. The van der Waals surface area contributed by atoms with E-state index in [4.69, 9.17) is 23.2 Å². The molecule has 0 bridgehead atoms. The van der Waals surface area contributed by atoms with E-state index in [0.29, 0.717) is 27.5 Å². The van der Waals surface area contributed by atoms with Crippen LogP contribution in [0.1, 0.15) is 15.9 Å². The third-order valence-electron chi connectivity index (χ3n) is 5.08. The maximum Gasteiger partial charge on any atom is 0.283 e. The summed E-state index contributed by atoms with van der Waals surface area (Å²) in [6.07, 6.45) is 0. The highest BCUT2D eigenvalue weighted by Gasteiger charge is 2.39. The van der Waals surface area contributed by atoms with Crippen LogP contribution in [0.2, 0.25) is 5.02 Å². The number of aromatic hydroxyl groups is 1. The summed E-state index contributed by atoms with van der Waals surface area (Å²) in [5.74, 6) is -1.74. The van der Waals surface area contributed by atoms with Gasteiger partial charge < -0.3 is 15.7 Å². The Hall–Kier alpha value is -3.81. The summed E-state index contributed by atoms with van der Waals surface area (Å²) in [7, 11) is 0. The fourth-order valence-corrected chi connectivity index (χ4v) is 3.67. The van der Waals surface area contributed by atoms with Gasteiger partial charge in [0.05, 0.1) is 11.4 Å². The summed E-state index contributed by atoms with van der Waals surface area (Å²) in [6.45, 7) is 1.70. The van der Waals surface area contributed by atoms with E-state index in [1.165, 1.54) is 18.2 Å². The number of anilines is 3. The number of hydrogen-bond acceptors (Lipinski definition) is 5. The van der Waals surface area contributed by atoms with E-state index in [9.17, 15) is 19.5 Å². The lowest BCUT2D eigenvalue weighted by Crippen LogP contribution is -2.32. The Bertz CT molecular complexity index is 1320. The van der Waals surface area contributed by atoms with Gasteiger partial charge >= 0.3 is 0 Å². The van der Waals surface area contributed by atoms with Crippen LogP contribution in [0.5, 0.6) is 5.75 Å². The molecule has 1 heterocycles. The Kier molecular flexibility index (Phi) is 6.09. The monoisotopic (exact) mass is 481 g/mol. The minimum absolute atomic E-state index is 0.0466. The van der Waals surface area contributed by atoms with Crippen LogP contribution in [0.4, 0.5) is 17.1 Å². The van der Waals surface area contributed by atoms with Crippen LogP contribution in [0.25, 0.3) is 0 Å². The van der Waals surface area contributed by atoms with E-state index in [0.717, 1.165) is 4.90 Å². The SMILES string of the molecule is Cc1c(Cl)cccc1N1C(=O)C(Cl)=C(Nc2ccc(C(=O)Nc3ccccc3O)cc2)C1=O. The van der Waals surface area contributed by atoms with Crippen LogP contribution in [-0.4, -0.2) is 22.8 Å². The topological polar surface area (TPSA) is 98.7 Å². The average Bonchev–Trinajstić information content (AvgIpc) is 3.01. The van der Waals surface area contributed by atoms with E-state index in [1.54, 1.807) is 55.5 Å². The van der Waals surface area contributed by atoms with Crippen LogP contribution in [0.15, 0.2) is 77.5 Å². The van der Waals surface area contributed by atoms with Crippen LogP contribution >= 0.6 is 23.2 Å². The van der Waals surface area contributed by atoms with Crippen molar-refractivity contribution in [2.75, 3.05) is 15.5 Å². The third-order valence-corrected chi connectivity index (χ3v) is 5.84. The zero-order valence-corrected chi connectivity index (χ0v) is 18.7. The Morgan fingerprint density at radius 1 is 0.909 bits per heavy atom. The molecule has 0 saturated heterocycles. The number of phenols is 1. The van der Waals surface area contributed by atoms with E-state index in [2.05, 4.69) is 10.6 Å². The molecule has 0 saturated carbocycles. The van der Waals surface area contributed by atoms with E-state index in [1.807, 2.05) is 0 Å². The molecule has 4 rings (SSSR count). The van der Waals surface area contributed by atoms with Gasteiger partial charge in [-0.15, -0.1) is 0 Å². The van der Waals surface area contributed by atoms with Gasteiger partial charge in [-0.1, -0.05) is 41.4 Å². The summed E-state index contributed by atoms with van der Waals surface area (Å²) in [5, 5.41) is 15.5. The van der Waals surface area contributed by atoms with Gasteiger partial charge in [-0.2, -0.15) is 0 Å². The predicted octanol–water partition coefficient (Wildman–Crippen LogP) is 5.04. The van der Waals surface area contributed by atoms with Crippen LogP contribution in [-0.2, 0) is 9.59 Å². The van der Waals surface area contributed by atoms with Gasteiger partial charge in [0.2, 0.25) is 0 Å². The number of para-hydroxylation sites is 2. The van der Waals surface area contributed by atoms with E-state index in [-0.39, 0.29) is 22.2 Å². The van der Waals surface area contributed by atoms with Gasteiger partial charge in [-0.3, -0.25) is 14.4 Å². The Morgan fingerprint density at radius 2 is 1.61 bits per heavy atom. The molecule has 1 aliphatic heterocycles. The first-order valence-corrected chi connectivity index (χ1v) is 10.5. The van der Waals surface area contributed by atoms with Gasteiger partial charge in [-0.05, 0) is 61.0 Å². The maximum absolute atomic E-state index is 13.0. The van der Waals surface area contributed by atoms with Gasteiger partial charge in [0.25, 0.3) is 17.7 Å². The summed E-state index contributed by atoms with van der Waals surface area (Å²) in [5.41, 5.74) is 1.91. The number of nitrogens with one attached hydrogen (secondary N) is 2. The average molecular weight is 482 g/mol. The lowest BCUT2D eigenvalue weighted by atomic mass is 10.1. The molecule has 0 aromatic heterocycles. The lowest BCUT2D eigenvalue weighted by molar-refractivity contribution is -0.120. The molecule has 0 aliphatic carbocycles. The number of halogens is 2. The standard InChI is InChI=1S/C24H17Cl2N3O4/c1-13-16(25)5-4-7-18(13)29-23(32)20(26)21(24(29)33)27-15-11-9-14(10-12-15)22(31)28-17-6-2-3-8-19(17)30/h2-12,27,30H,1H3,(H,28,31). The first-order valence-electron chi connectivity index (χ1n) is 9.78. The molecule has 0 atom stereocenters. The molecule has 7 nitrogen and oxygen atoms in total. The van der Waals surface area contributed by atoms with Crippen molar-refractivity contribution in [1.82, 2.24) is 0 Å². The van der Waals surface area contributed by atoms with Gasteiger partial charge in [0.1, 0.15) is 16.5 Å². The third kappa shape index (κ3) is 4.28. The van der Waals surface area contributed by atoms with Crippen LogP contribution in [0.3, 0.4) is 0 Å². The molecule has 3 amide bonds. The number of carbonyl (C=O) groups is 3. The molecule has 0 radical (unpaired) electrons. The Balaban J connectivity index is 1.51. The van der Waals surface area contributed by atoms with Gasteiger partial charge in [-0.25, -0.2) is 4.90 Å². The van der Waals surface area contributed by atoms with Crippen molar-refractivity contribution in [1.29, 1.82) is 0 Å². The quantitative estimate of drug-likeness (QED) is 0.350. The molecule has 0 fully saturated rings. The number of carbonyl (C=O) groups excluding carboxylic acids is 3. The van der Waals surface area contributed by atoms with Crippen LogP contribution in [0, 0.1) is 6.92 Å². The predicted molar refractivity (Wildman–Crippen MR) is 128 cm³/mol. The summed E-state index contributed by atoms with van der Waals surface area (Å²) in [4.78, 5) is 39.1. The zero-order valence-electron chi connectivity index (χ0n) is 17.2. The van der Waals surface area contributed by atoms with Crippen molar-refractivity contribution in [3.05, 3.63) is 93.6 Å². The van der Waals surface area contributed by atoms with Crippen LogP contribution < -0.4 is 15.5 Å². The Labute approximate surface area is 199 Å². The molecule has 3 aromatic rings. The summed E-state index contributed by atoms with van der Waals surface area (Å²) < 4.78 is 0. The molecule has 3 N–H and O–H groups in total. The number of amides is 3. The highest BCUT2D eigenvalue weighted by Crippen LogP contribution is 2.34. The van der Waals surface area contributed by atoms with Crippen molar-refractivity contribution in [3.8, 4) is 5.75 Å². The lowest BCUT2D eigenvalue weighted by Gasteiger charge is -2.18. The van der Waals surface area contributed by atoms with Gasteiger partial charge in [0, 0.05) is 16.3 Å². The number of imide groups is 1. The minimum Gasteiger partial charge on any atom is -0.506 e. The molecule has 0 unspecified atom stereocenters. The second-order valence-electron chi connectivity index (χ2n) is 7.19. The molecular weight excluding hydrogens is 465 g/mol. The first-order chi connectivity index (χ1) is 15.8. The van der Waals surface area contributed by atoms with Crippen molar-refractivity contribution in [3.63, 3.8) is 0 Å². The largest absolute Gasteiger partial charge is 0.506 e. The van der Waals surface area contributed by atoms with Crippen molar-refractivity contribution >= 4 is 58.0 Å². The fraction of sp³-hybridized carbons (Fsp3) is 0.0417. The smallest absolute Gasteiger partial charge is 0.283 e. The molecule has 33 heavy (non-hydrogen) atoms. The van der Waals surface area contributed by atoms with E-state index >= 15 is 0 Å². The van der Waals surface area contributed by atoms with Crippen molar-refractivity contribution < 1.29 is 19.5 Å². The summed E-state index contributed by atoms with van der Waals surface area (Å²) in [6, 6.07) is 17.5. The molecule has 1 aliphatic rings. The Morgan fingerprint density at radius 3 is 2.30 bits per heavy atom. The molecule has 0 spiro atoms. The number of hydrogen-bond donors (Lipinski definition) is 3. The number of rotatable bonds is 5. The minimum atomic E-state index is -0.659. The first kappa shape index (κ1) is 22.4. The number of benzene rings is 3. The molecule has 166 valence electrons. The second kappa shape index (κ2) is 8.97. The highest BCUT2D eigenvalue weighted by atomic mass is 35.5. The fourth-order valence-electron chi connectivity index (χ4n) is 3.29. The maximum atomic E-state index is 13.0. The van der Waals surface area contributed by atoms with Crippen molar-refractivity contribution in [2.24, 2.45) is 0 Å². The molecule has 3 aromatic carbocycles.